The Morgan fingerprint density at radius 1 is 1.37 bits per heavy atom. The molecule has 1 aromatic carbocycles. The third-order valence-electron chi connectivity index (χ3n) is 3.16. The third kappa shape index (κ3) is 3.02. The number of amides is 2. The molecule has 1 aliphatic heterocycles. The van der Waals surface area contributed by atoms with Gasteiger partial charge in [0.05, 0.1) is 17.7 Å². The van der Waals surface area contributed by atoms with Crippen LogP contribution in [0, 0.1) is 22.7 Å². The van der Waals surface area contributed by atoms with Crippen LogP contribution >= 0.6 is 0 Å². The van der Waals surface area contributed by atoms with Crippen LogP contribution < -0.4 is 5.32 Å². The maximum atomic E-state index is 12.1. The van der Waals surface area contributed by atoms with Crippen molar-refractivity contribution in [3.8, 4) is 12.1 Å². The fraction of sp³-hybridized carbons (Fsp3) is 0.357. The fourth-order valence-electron chi connectivity index (χ4n) is 2.17. The van der Waals surface area contributed by atoms with E-state index in [1.165, 1.54) is 0 Å². The molecule has 1 unspecified atom stereocenters. The molecule has 0 radical (unpaired) electrons. The van der Waals surface area contributed by atoms with Gasteiger partial charge in [0.25, 0.3) is 0 Å². The van der Waals surface area contributed by atoms with Gasteiger partial charge in [0, 0.05) is 12.2 Å². The molecule has 5 heteroatoms. The van der Waals surface area contributed by atoms with E-state index >= 15 is 0 Å². The van der Waals surface area contributed by atoms with Gasteiger partial charge in [0.2, 0.25) is 0 Å². The van der Waals surface area contributed by atoms with E-state index in [0.717, 1.165) is 19.3 Å². The average Bonchev–Trinajstić information content (AvgIpc) is 2.47. The Hall–Kier alpha value is -2.53. The lowest BCUT2D eigenvalue weighted by molar-refractivity contribution is 0.182. The van der Waals surface area contributed by atoms with Crippen molar-refractivity contribution in [2.45, 2.75) is 25.3 Å². The van der Waals surface area contributed by atoms with Crippen LogP contribution in [0.25, 0.3) is 0 Å². The topological polar surface area (TPSA) is 79.9 Å². The maximum absolute atomic E-state index is 12.1. The van der Waals surface area contributed by atoms with Crippen LogP contribution in [0.15, 0.2) is 24.3 Å². The Kier molecular flexibility index (Phi) is 4.00. The van der Waals surface area contributed by atoms with E-state index in [0.29, 0.717) is 17.8 Å². The summed E-state index contributed by atoms with van der Waals surface area (Å²) < 4.78 is 0. The SMILES string of the molecule is N#Cc1cccc(NC(=O)N2CCCCC2C#N)c1. The van der Waals surface area contributed by atoms with E-state index < -0.39 is 0 Å². The number of carbonyl (C=O) groups is 1. The molecule has 1 heterocycles. The number of rotatable bonds is 1. The molecule has 1 saturated heterocycles. The Labute approximate surface area is 112 Å². The predicted molar refractivity (Wildman–Crippen MR) is 70.1 cm³/mol. The zero-order chi connectivity index (χ0) is 13.7. The van der Waals surface area contributed by atoms with Gasteiger partial charge < -0.3 is 10.2 Å². The van der Waals surface area contributed by atoms with E-state index in [1.54, 1.807) is 29.2 Å². The molecule has 0 spiro atoms. The van der Waals surface area contributed by atoms with E-state index in [2.05, 4.69) is 11.4 Å². The molecule has 1 N–H and O–H groups in total. The highest BCUT2D eigenvalue weighted by Crippen LogP contribution is 2.18. The number of urea groups is 1. The molecule has 1 aliphatic rings. The van der Waals surface area contributed by atoms with Crippen LogP contribution in [-0.2, 0) is 0 Å². The normalized spacial score (nSPS) is 18.2. The minimum Gasteiger partial charge on any atom is -0.309 e. The monoisotopic (exact) mass is 254 g/mol. The van der Waals surface area contributed by atoms with Crippen molar-refractivity contribution in [3.05, 3.63) is 29.8 Å². The minimum atomic E-state index is -0.354. The summed E-state index contributed by atoms with van der Waals surface area (Å²) in [5.41, 5.74) is 1.07. The van der Waals surface area contributed by atoms with Crippen molar-refractivity contribution < 1.29 is 4.79 Å². The first-order chi connectivity index (χ1) is 9.24. The van der Waals surface area contributed by atoms with Gasteiger partial charge in [-0.15, -0.1) is 0 Å². The molecule has 0 aromatic heterocycles. The lowest BCUT2D eigenvalue weighted by atomic mass is 10.0. The van der Waals surface area contributed by atoms with Gasteiger partial charge in [-0.3, -0.25) is 0 Å². The standard InChI is InChI=1S/C14H14N4O/c15-9-11-4-3-5-12(8-11)17-14(19)18-7-2-1-6-13(18)10-16/h3-5,8,13H,1-2,6-7H2,(H,17,19). The second-order valence-electron chi connectivity index (χ2n) is 4.46. The van der Waals surface area contributed by atoms with E-state index in [9.17, 15) is 4.79 Å². The van der Waals surface area contributed by atoms with E-state index in [4.69, 9.17) is 10.5 Å². The van der Waals surface area contributed by atoms with Crippen LogP contribution in [0.2, 0.25) is 0 Å². The minimum absolute atomic E-state index is 0.277. The Balaban J connectivity index is 2.08. The molecule has 5 nitrogen and oxygen atoms in total. The molecule has 2 amide bonds. The summed E-state index contributed by atoms with van der Waals surface area (Å²) in [6.45, 7) is 0.599. The van der Waals surface area contributed by atoms with Crippen LogP contribution in [0.1, 0.15) is 24.8 Å². The Morgan fingerprint density at radius 2 is 2.21 bits per heavy atom. The molecule has 2 rings (SSSR count). The fourth-order valence-corrected chi connectivity index (χ4v) is 2.17. The lowest BCUT2D eigenvalue weighted by Gasteiger charge is -2.31. The predicted octanol–water partition coefficient (Wildman–Crippen LogP) is 2.47. The first kappa shape index (κ1) is 12.9. The summed E-state index contributed by atoms with van der Waals surface area (Å²) >= 11 is 0. The van der Waals surface area contributed by atoms with Crippen LogP contribution in [0.5, 0.6) is 0 Å². The Bertz CT molecular complexity index is 555. The van der Waals surface area contributed by atoms with Crippen molar-refractivity contribution in [1.29, 1.82) is 10.5 Å². The van der Waals surface area contributed by atoms with Gasteiger partial charge in [-0.25, -0.2) is 4.79 Å². The van der Waals surface area contributed by atoms with Crippen molar-refractivity contribution in [2.75, 3.05) is 11.9 Å². The molecular formula is C14H14N4O. The second-order valence-corrected chi connectivity index (χ2v) is 4.46. The number of carbonyl (C=O) groups excluding carboxylic acids is 1. The number of benzene rings is 1. The third-order valence-corrected chi connectivity index (χ3v) is 3.16. The number of nitrogens with one attached hydrogen (secondary N) is 1. The number of nitrogens with zero attached hydrogens (tertiary/aromatic N) is 3. The summed E-state index contributed by atoms with van der Waals surface area (Å²) in [5, 5.41) is 20.6. The number of hydrogen-bond acceptors (Lipinski definition) is 3. The summed E-state index contributed by atoms with van der Waals surface area (Å²) in [7, 11) is 0. The summed E-state index contributed by atoms with van der Waals surface area (Å²) in [5.74, 6) is 0. The van der Waals surface area contributed by atoms with Crippen LogP contribution in [0.4, 0.5) is 10.5 Å². The zero-order valence-corrected chi connectivity index (χ0v) is 10.5. The van der Waals surface area contributed by atoms with Crippen LogP contribution in [0.3, 0.4) is 0 Å². The molecule has 1 atom stereocenters. The number of piperidine rings is 1. The summed E-state index contributed by atoms with van der Waals surface area (Å²) in [6, 6.07) is 10.3. The molecule has 0 saturated carbocycles. The van der Waals surface area contributed by atoms with Crippen molar-refractivity contribution >= 4 is 11.7 Å². The molecule has 0 bridgehead atoms. The quantitative estimate of drug-likeness (QED) is 0.835. The van der Waals surface area contributed by atoms with Gasteiger partial charge in [-0.05, 0) is 37.5 Å². The highest BCUT2D eigenvalue weighted by atomic mass is 16.2. The Morgan fingerprint density at radius 3 is 2.95 bits per heavy atom. The highest BCUT2D eigenvalue weighted by Gasteiger charge is 2.26. The van der Waals surface area contributed by atoms with Crippen LogP contribution in [-0.4, -0.2) is 23.5 Å². The van der Waals surface area contributed by atoms with Gasteiger partial charge in [-0.1, -0.05) is 6.07 Å². The first-order valence-corrected chi connectivity index (χ1v) is 6.22. The molecule has 1 aromatic rings. The highest BCUT2D eigenvalue weighted by molar-refractivity contribution is 5.90. The number of likely N-dealkylation sites (tertiary alicyclic amines) is 1. The van der Waals surface area contributed by atoms with Gasteiger partial charge in [0.1, 0.15) is 6.04 Å². The van der Waals surface area contributed by atoms with Crippen molar-refractivity contribution in [2.24, 2.45) is 0 Å². The van der Waals surface area contributed by atoms with Gasteiger partial charge >= 0.3 is 6.03 Å². The number of anilines is 1. The first-order valence-electron chi connectivity index (χ1n) is 6.22. The second kappa shape index (κ2) is 5.88. The summed E-state index contributed by atoms with van der Waals surface area (Å²) in [4.78, 5) is 13.7. The number of hydrogen-bond donors (Lipinski definition) is 1. The average molecular weight is 254 g/mol. The largest absolute Gasteiger partial charge is 0.322 e. The number of nitriles is 2. The van der Waals surface area contributed by atoms with Crippen molar-refractivity contribution in [3.63, 3.8) is 0 Å². The van der Waals surface area contributed by atoms with Gasteiger partial charge in [-0.2, -0.15) is 10.5 Å². The molecule has 1 fully saturated rings. The molecule has 19 heavy (non-hydrogen) atoms. The van der Waals surface area contributed by atoms with E-state index in [1.807, 2.05) is 6.07 Å². The maximum Gasteiger partial charge on any atom is 0.322 e. The zero-order valence-electron chi connectivity index (χ0n) is 10.5. The molecule has 0 aliphatic carbocycles. The lowest BCUT2D eigenvalue weighted by Crippen LogP contribution is -2.45. The van der Waals surface area contributed by atoms with Crippen molar-refractivity contribution in [1.82, 2.24) is 4.90 Å². The molecular weight excluding hydrogens is 240 g/mol. The summed E-state index contributed by atoms with van der Waals surface area (Å²) in [6.07, 6.45) is 2.62. The van der Waals surface area contributed by atoms with Gasteiger partial charge in [0.15, 0.2) is 0 Å². The molecule has 96 valence electrons. The smallest absolute Gasteiger partial charge is 0.309 e. The van der Waals surface area contributed by atoms with E-state index in [-0.39, 0.29) is 12.1 Å².